The fourth-order valence-electron chi connectivity index (χ4n) is 2.41. The van der Waals surface area contributed by atoms with E-state index in [1.54, 1.807) is 12.4 Å². The number of carbonyl (C=O) groups is 1. The van der Waals surface area contributed by atoms with Gasteiger partial charge in [0.2, 0.25) is 0 Å². The molecule has 1 amide bonds. The van der Waals surface area contributed by atoms with Gasteiger partial charge in [-0.15, -0.1) is 11.3 Å². The number of hydrogen-bond acceptors (Lipinski definition) is 5. The van der Waals surface area contributed by atoms with Crippen molar-refractivity contribution < 1.29 is 9.53 Å². The molecule has 1 aromatic heterocycles. The van der Waals surface area contributed by atoms with Crippen molar-refractivity contribution >= 4 is 22.4 Å². The quantitative estimate of drug-likeness (QED) is 0.909. The topological polar surface area (TPSA) is 63.2 Å². The normalized spacial score (nSPS) is 17.1. The number of benzene rings is 1. The van der Waals surface area contributed by atoms with Crippen LogP contribution < -0.4 is 10.6 Å². The van der Waals surface area contributed by atoms with Crippen molar-refractivity contribution in [2.24, 2.45) is 0 Å². The average molecular weight is 303 g/mol. The number of hydrogen-bond donors (Lipinski definition) is 2. The minimum absolute atomic E-state index is 0.0821. The third-order valence-electron chi connectivity index (χ3n) is 3.49. The first-order valence-electron chi connectivity index (χ1n) is 6.89. The zero-order valence-electron chi connectivity index (χ0n) is 11.8. The first-order chi connectivity index (χ1) is 10.3. The van der Waals surface area contributed by atoms with Crippen molar-refractivity contribution in [2.45, 2.75) is 12.5 Å². The lowest BCUT2D eigenvalue weighted by Crippen LogP contribution is -2.32. The van der Waals surface area contributed by atoms with Gasteiger partial charge in [-0.1, -0.05) is 24.3 Å². The highest BCUT2D eigenvalue weighted by molar-refractivity contribution is 7.13. The molecule has 2 aromatic rings. The Labute approximate surface area is 127 Å². The van der Waals surface area contributed by atoms with Crippen molar-refractivity contribution in [1.82, 2.24) is 10.3 Å². The van der Waals surface area contributed by atoms with Gasteiger partial charge in [-0.3, -0.25) is 4.79 Å². The molecule has 0 spiro atoms. The van der Waals surface area contributed by atoms with E-state index in [0.29, 0.717) is 18.8 Å². The van der Waals surface area contributed by atoms with Crippen LogP contribution >= 0.6 is 11.3 Å². The van der Waals surface area contributed by atoms with Gasteiger partial charge in [-0.2, -0.15) is 0 Å². The molecule has 1 aliphatic heterocycles. The highest BCUT2D eigenvalue weighted by atomic mass is 32.1. The Hall–Kier alpha value is -1.92. The van der Waals surface area contributed by atoms with E-state index in [1.165, 1.54) is 22.5 Å². The monoisotopic (exact) mass is 303 g/mol. The van der Waals surface area contributed by atoms with Gasteiger partial charge in [-0.25, -0.2) is 4.98 Å². The number of rotatable bonds is 4. The Morgan fingerprint density at radius 1 is 1.48 bits per heavy atom. The minimum atomic E-state index is -0.167. The molecule has 3 rings (SSSR count). The number of nitrogens with zero attached hydrogens (tertiary/aromatic N) is 1. The fraction of sp³-hybridized carbons (Fsp3) is 0.333. The largest absolute Gasteiger partial charge is 0.371 e. The number of carbonyl (C=O) groups excluding carboxylic acids is 1. The van der Waals surface area contributed by atoms with Crippen LogP contribution in [-0.2, 0) is 11.2 Å². The summed E-state index contributed by atoms with van der Waals surface area (Å²) in [6.07, 6.45) is 0.847. The van der Waals surface area contributed by atoms with E-state index in [0.717, 1.165) is 11.6 Å². The maximum Gasteiger partial charge on any atom is 0.270 e. The highest BCUT2D eigenvalue weighted by Crippen LogP contribution is 2.26. The van der Waals surface area contributed by atoms with E-state index in [1.807, 2.05) is 12.1 Å². The van der Waals surface area contributed by atoms with Crippen LogP contribution in [0.3, 0.4) is 0 Å². The number of aromatic nitrogens is 1. The lowest BCUT2D eigenvalue weighted by molar-refractivity contribution is 0.0411. The second-order valence-electron chi connectivity index (χ2n) is 4.81. The van der Waals surface area contributed by atoms with Gasteiger partial charge >= 0.3 is 0 Å². The van der Waals surface area contributed by atoms with Crippen LogP contribution in [0.25, 0.3) is 0 Å². The van der Waals surface area contributed by atoms with Crippen LogP contribution in [0.5, 0.6) is 0 Å². The highest BCUT2D eigenvalue weighted by Gasteiger charge is 2.21. The predicted octanol–water partition coefficient (Wildman–Crippen LogP) is 2.23. The smallest absolute Gasteiger partial charge is 0.270 e. The van der Waals surface area contributed by atoms with Gasteiger partial charge in [-0.05, 0) is 17.5 Å². The molecule has 1 unspecified atom stereocenters. The molecule has 5 nitrogen and oxygen atoms in total. The molecule has 1 aliphatic rings. The Balaban J connectivity index is 1.64. The molecule has 0 fully saturated rings. The van der Waals surface area contributed by atoms with E-state index in [9.17, 15) is 4.79 Å². The summed E-state index contributed by atoms with van der Waals surface area (Å²) in [7, 11) is 1.79. The van der Waals surface area contributed by atoms with E-state index in [2.05, 4.69) is 27.8 Å². The van der Waals surface area contributed by atoms with Gasteiger partial charge in [0.15, 0.2) is 5.13 Å². The lowest BCUT2D eigenvalue weighted by atomic mass is 9.97. The number of nitrogens with one attached hydrogen (secondary N) is 2. The minimum Gasteiger partial charge on any atom is -0.371 e. The first kappa shape index (κ1) is 14.0. The van der Waals surface area contributed by atoms with E-state index >= 15 is 0 Å². The van der Waals surface area contributed by atoms with Gasteiger partial charge in [0.25, 0.3) is 5.91 Å². The SMILES string of the molecule is CNc1nc(C(=O)NCC2OCCc3ccccc32)cs1. The third-order valence-corrected chi connectivity index (χ3v) is 4.35. The summed E-state index contributed by atoms with van der Waals surface area (Å²) in [5, 5.41) is 8.31. The Bertz CT molecular complexity index is 641. The summed E-state index contributed by atoms with van der Waals surface area (Å²) in [6, 6.07) is 8.22. The van der Waals surface area contributed by atoms with Crippen LogP contribution in [0.1, 0.15) is 27.7 Å². The van der Waals surface area contributed by atoms with Crippen LogP contribution in [0.2, 0.25) is 0 Å². The second-order valence-corrected chi connectivity index (χ2v) is 5.66. The number of thiazole rings is 1. The van der Waals surface area contributed by atoms with Gasteiger partial charge < -0.3 is 15.4 Å². The van der Waals surface area contributed by atoms with Gasteiger partial charge in [0, 0.05) is 19.0 Å². The van der Waals surface area contributed by atoms with Crippen molar-refractivity contribution in [3.63, 3.8) is 0 Å². The van der Waals surface area contributed by atoms with Crippen molar-refractivity contribution in [3.05, 3.63) is 46.5 Å². The summed E-state index contributed by atoms with van der Waals surface area (Å²) >= 11 is 1.41. The molecule has 2 heterocycles. The van der Waals surface area contributed by atoms with Crippen LogP contribution in [0.15, 0.2) is 29.6 Å². The molecule has 0 saturated carbocycles. The molecule has 0 radical (unpaired) electrons. The molecule has 1 atom stereocenters. The van der Waals surface area contributed by atoms with E-state index in [4.69, 9.17) is 4.74 Å². The maximum atomic E-state index is 12.1. The molecular formula is C15H17N3O2S. The van der Waals surface area contributed by atoms with Crippen LogP contribution in [0.4, 0.5) is 5.13 Å². The number of anilines is 1. The Kier molecular flexibility index (Phi) is 4.17. The summed E-state index contributed by atoms with van der Waals surface area (Å²) in [6.45, 7) is 1.15. The molecule has 0 bridgehead atoms. The zero-order valence-corrected chi connectivity index (χ0v) is 12.6. The van der Waals surface area contributed by atoms with Crippen molar-refractivity contribution in [3.8, 4) is 0 Å². The number of amides is 1. The summed E-state index contributed by atoms with van der Waals surface area (Å²) in [5.41, 5.74) is 2.90. The summed E-state index contributed by atoms with van der Waals surface area (Å²) < 4.78 is 5.77. The molecule has 21 heavy (non-hydrogen) atoms. The third kappa shape index (κ3) is 3.06. The van der Waals surface area contributed by atoms with E-state index < -0.39 is 0 Å². The fourth-order valence-corrected chi connectivity index (χ4v) is 3.07. The molecule has 6 heteroatoms. The van der Waals surface area contributed by atoms with Gasteiger partial charge in [0.05, 0.1) is 6.61 Å². The van der Waals surface area contributed by atoms with E-state index in [-0.39, 0.29) is 12.0 Å². The Morgan fingerprint density at radius 3 is 3.14 bits per heavy atom. The molecular weight excluding hydrogens is 286 g/mol. The lowest BCUT2D eigenvalue weighted by Gasteiger charge is -2.26. The van der Waals surface area contributed by atoms with Crippen molar-refractivity contribution in [2.75, 3.05) is 25.5 Å². The molecule has 110 valence electrons. The summed E-state index contributed by atoms with van der Waals surface area (Å²) in [4.78, 5) is 16.3. The standard InChI is InChI=1S/C15H17N3O2S/c1-16-15-18-12(9-21-15)14(19)17-8-13-11-5-3-2-4-10(11)6-7-20-13/h2-5,9,13H,6-8H2,1H3,(H,16,18)(H,17,19). The van der Waals surface area contributed by atoms with Gasteiger partial charge in [0.1, 0.15) is 11.8 Å². The van der Waals surface area contributed by atoms with Crippen LogP contribution in [0, 0.1) is 0 Å². The number of ether oxygens (including phenoxy) is 1. The average Bonchev–Trinajstić information content (AvgIpc) is 3.01. The van der Waals surface area contributed by atoms with Crippen LogP contribution in [-0.4, -0.2) is 31.1 Å². The second kappa shape index (κ2) is 6.24. The zero-order chi connectivity index (χ0) is 14.7. The first-order valence-corrected chi connectivity index (χ1v) is 7.77. The maximum absolute atomic E-state index is 12.1. The summed E-state index contributed by atoms with van der Waals surface area (Å²) in [5.74, 6) is -0.167. The molecule has 2 N–H and O–H groups in total. The predicted molar refractivity (Wildman–Crippen MR) is 82.8 cm³/mol. The van der Waals surface area contributed by atoms with Crippen molar-refractivity contribution in [1.29, 1.82) is 0 Å². The molecule has 1 aromatic carbocycles. The molecule has 0 saturated heterocycles. The molecule has 0 aliphatic carbocycles. The Morgan fingerprint density at radius 2 is 2.33 bits per heavy atom. The number of fused-ring (bicyclic) bond motifs is 1.